The summed E-state index contributed by atoms with van der Waals surface area (Å²) in [5.41, 5.74) is 7.63. The molecule has 2 fully saturated rings. The molecule has 2 aromatic carbocycles. The summed E-state index contributed by atoms with van der Waals surface area (Å²) in [5.74, 6) is -0.600. The predicted octanol–water partition coefficient (Wildman–Crippen LogP) is 2.43. The van der Waals surface area contributed by atoms with E-state index in [1.165, 1.54) is 11.6 Å². The molecule has 2 atom stereocenters. The van der Waals surface area contributed by atoms with Gasteiger partial charge in [-0.25, -0.2) is 9.82 Å². The van der Waals surface area contributed by atoms with Crippen molar-refractivity contribution in [2.75, 3.05) is 26.2 Å². The summed E-state index contributed by atoms with van der Waals surface area (Å²) in [5, 5.41) is 10.1. The van der Waals surface area contributed by atoms with Gasteiger partial charge in [0.1, 0.15) is 5.82 Å². The van der Waals surface area contributed by atoms with Gasteiger partial charge in [0.05, 0.1) is 12.0 Å². The number of carbonyl (C=O) groups is 1. The van der Waals surface area contributed by atoms with Gasteiger partial charge in [-0.05, 0) is 30.9 Å². The third-order valence-electron chi connectivity index (χ3n) is 6.43. The molecule has 154 valence electrons. The number of rotatable bonds is 5. The highest BCUT2D eigenvalue weighted by atomic mass is 19.1. The summed E-state index contributed by atoms with van der Waals surface area (Å²) in [6.07, 6.45) is 2.35. The van der Waals surface area contributed by atoms with Crippen LogP contribution in [-0.2, 0) is 11.2 Å². The minimum atomic E-state index is -0.377. The third-order valence-corrected chi connectivity index (χ3v) is 6.43. The molecule has 6 heteroatoms. The molecule has 0 spiro atoms. The lowest BCUT2D eigenvalue weighted by Gasteiger charge is -2.42. The molecule has 2 aromatic rings. The fourth-order valence-electron chi connectivity index (χ4n) is 4.60. The standard InChI is InChI=1S/C23H28FN3O2/c24-20-9-5-4-8-18(20)21-19(15-25-26-21)22(29)27-12-10-23(16-28,11-13-27)14-17-6-2-1-3-7-17/h1-9,19,21,25-26,28H,10-16H2. The topological polar surface area (TPSA) is 64.6 Å². The van der Waals surface area contributed by atoms with E-state index in [1.54, 1.807) is 18.2 Å². The number of hydrazine groups is 1. The van der Waals surface area contributed by atoms with Crippen molar-refractivity contribution in [1.29, 1.82) is 0 Å². The zero-order chi connectivity index (χ0) is 20.3. The Morgan fingerprint density at radius 2 is 1.79 bits per heavy atom. The number of nitrogens with one attached hydrogen (secondary N) is 2. The monoisotopic (exact) mass is 397 g/mol. The van der Waals surface area contributed by atoms with Gasteiger partial charge in [-0.1, -0.05) is 48.5 Å². The van der Waals surface area contributed by atoms with E-state index in [0.717, 1.165) is 19.3 Å². The summed E-state index contributed by atoms with van der Waals surface area (Å²) in [6.45, 7) is 1.83. The molecule has 0 saturated carbocycles. The van der Waals surface area contributed by atoms with Crippen LogP contribution in [0.15, 0.2) is 54.6 Å². The Morgan fingerprint density at radius 3 is 2.48 bits per heavy atom. The van der Waals surface area contributed by atoms with Gasteiger partial charge in [0.2, 0.25) is 5.91 Å². The highest BCUT2D eigenvalue weighted by molar-refractivity contribution is 5.80. The van der Waals surface area contributed by atoms with Gasteiger partial charge in [0.25, 0.3) is 0 Å². The molecule has 0 radical (unpaired) electrons. The van der Waals surface area contributed by atoms with Gasteiger partial charge in [-0.3, -0.25) is 10.2 Å². The molecule has 2 saturated heterocycles. The fourth-order valence-corrected chi connectivity index (χ4v) is 4.60. The van der Waals surface area contributed by atoms with Crippen molar-refractivity contribution < 1.29 is 14.3 Å². The Morgan fingerprint density at radius 1 is 1.10 bits per heavy atom. The molecule has 3 N–H and O–H groups in total. The number of benzene rings is 2. The first-order chi connectivity index (χ1) is 14.1. The quantitative estimate of drug-likeness (QED) is 0.725. The van der Waals surface area contributed by atoms with Crippen LogP contribution in [-0.4, -0.2) is 42.2 Å². The number of amides is 1. The number of hydrogen-bond acceptors (Lipinski definition) is 4. The second-order valence-electron chi connectivity index (χ2n) is 8.28. The van der Waals surface area contributed by atoms with Crippen molar-refractivity contribution in [3.05, 3.63) is 71.5 Å². The van der Waals surface area contributed by atoms with Crippen LogP contribution in [0.2, 0.25) is 0 Å². The summed E-state index contributed by atoms with van der Waals surface area (Å²) >= 11 is 0. The molecule has 4 rings (SSSR count). The lowest BCUT2D eigenvalue weighted by atomic mass is 9.74. The number of aliphatic hydroxyl groups is 1. The Balaban J connectivity index is 1.42. The lowest BCUT2D eigenvalue weighted by Crippen LogP contribution is -2.48. The van der Waals surface area contributed by atoms with Gasteiger partial charge in [-0.2, -0.15) is 0 Å². The molecule has 5 nitrogen and oxygen atoms in total. The van der Waals surface area contributed by atoms with Crippen molar-refractivity contribution >= 4 is 5.91 Å². The molecule has 2 heterocycles. The Labute approximate surface area is 170 Å². The van der Waals surface area contributed by atoms with Crippen LogP contribution in [0, 0.1) is 17.2 Å². The molecular weight excluding hydrogens is 369 g/mol. The molecule has 0 aliphatic carbocycles. The van der Waals surface area contributed by atoms with Crippen LogP contribution in [0.5, 0.6) is 0 Å². The molecule has 2 aliphatic rings. The lowest BCUT2D eigenvalue weighted by molar-refractivity contribution is -0.138. The average molecular weight is 397 g/mol. The van der Waals surface area contributed by atoms with Gasteiger partial charge in [0, 0.05) is 37.2 Å². The minimum Gasteiger partial charge on any atom is -0.396 e. The van der Waals surface area contributed by atoms with E-state index < -0.39 is 0 Å². The Bertz CT molecular complexity index is 837. The number of aliphatic hydroxyl groups excluding tert-OH is 1. The summed E-state index contributed by atoms with van der Waals surface area (Å²) in [6, 6.07) is 16.4. The SMILES string of the molecule is O=C(C1CNNC1c1ccccc1F)N1CCC(CO)(Cc2ccccc2)CC1. The highest BCUT2D eigenvalue weighted by Gasteiger charge is 2.41. The van der Waals surface area contributed by atoms with E-state index in [1.807, 2.05) is 23.1 Å². The van der Waals surface area contributed by atoms with E-state index in [-0.39, 0.29) is 35.7 Å². The number of likely N-dealkylation sites (tertiary alicyclic amines) is 1. The van der Waals surface area contributed by atoms with E-state index in [2.05, 4.69) is 23.0 Å². The molecule has 2 aliphatic heterocycles. The number of piperidine rings is 1. The Kier molecular flexibility index (Phi) is 5.94. The van der Waals surface area contributed by atoms with Gasteiger partial charge in [-0.15, -0.1) is 0 Å². The van der Waals surface area contributed by atoms with Crippen LogP contribution in [0.4, 0.5) is 4.39 Å². The summed E-state index contributed by atoms with van der Waals surface area (Å²) in [4.78, 5) is 15.1. The van der Waals surface area contributed by atoms with Crippen LogP contribution < -0.4 is 10.9 Å². The summed E-state index contributed by atoms with van der Waals surface area (Å²) in [7, 11) is 0. The zero-order valence-corrected chi connectivity index (χ0v) is 16.5. The number of halogens is 1. The maximum absolute atomic E-state index is 14.3. The largest absolute Gasteiger partial charge is 0.396 e. The normalized spacial score (nSPS) is 23.9. The van der Waals surface area contributed by atoms with E-state index in [4.69, 9.17) is 0 Å². The van der Waals surface area contributed by atoms with Gasteiger partial charge in [0.15, 0.2) is 0 Å². The fraction of sp³-hybridized carbons (Fsp3) is 0.435. The maximum Gasteiger partial charge on any atom is 0.229 e. The van der Waals surface area contributed by atoms with Crippen LogP contribution in [0.1, 0.15) is 30.0 Å². The van der Waals surface area contributed by atoms with E-state index in [9.17, 15) is 14.3 Å². The van der Waals surface area contributed by atoms with Crippen LogP contribution >= 0.6 is 0 Å². The molecule has 2 unspecified atom stereocenters. The van der Waals surface area contributed by atoms with E-state index in [0.29, 0.717) is 25.2 Å². The molecule has 29 heavy (non-hydrogen) atoms. The number of carbonyl (C=O) groups excluding carboxylic acids is 1. The number of hydrogen-bond donors (Lipinski definition) is 3. The number of nitrogens with zero attached hydrogens (tertiary/aromatic N) is 1. The van der Waals surface area contributed by atoms with Crippen molar-refractivity contribution in [1.82, 2.24) is 15.8 Å². The molecule has 1 amide bonds. The first kappa shape index (κ1) is 20.0. The summed E-state index contributed by atoms with van der Waals surface area (Å²) < 4.78 is 14.3. The zero-order valence-electron chi connectivity index (χ0n) is 16.5. The first-order valence-electron chi connectivity index (χ1n) is 10.3. The van der Waals surface area contributed by atoms with Crippen LogP contribution in [0.25, 0.3) is 0 Å². The van der Waals surface area contributed by atoms with Crippen molar-refractivity contribution in [3.8, 4) is 0 Å². The first-order valence-corrected chi connectivity index (χ1v) is 10.3. The van der Waals surface area contributed by atoms with Crippen LogP contribution in [0.3, 0.4) is 0 Å². The second-order valence-corrected chi connectivity index (χ2v) is 8.28. The third kappa shape index (κ3) is 4.20. The Hall–Kier alpha value is -2.28. The van der Waals surface area contributed by atoms with Crippen molar-refractivity contribution in [2.24, 2.45) is 11.3 Å². The van der Waals surface area contributed by atoms with Crippen molar-refractivity contribution in [2.45, 2.75) is 25.3 Å². The average Bonchev–Trinajstić information content (AvgIpc) is 3.24. The molecule has 0 aromatic heterocycles. The van der Waals surface area contributed by atoms with Gasteiger partial charge >= 0.3 is 0 Å². The maximum atomic E-state index is 14.3. The highest BCUT2D eigenvalue weighted by Crippen LogP contribution is 2.36. The molecular formula is C23H28FN3O2. The van der Waals surface area contributed by atoms with E-state index >= 15 is 0 Å². The smallest absolute Gasteiger partial charge is 0.229 e. The minimum absolute atomic E-state index is 0.0435. The predicted molar refractivity (Wildman–Crippen MR) is 109 cm³/mol. The second kappa shape index (κ2) is 8.61. The van der Waals surface area contributed by atoms with Gasteiger partial charge < -0.3 is 10.0 Å². The van der Waals surface area contributed by atoms with Crippen molar-refractivity contribution in [3.63, 3.8) is 0 Å². The molecule has 0 bridgehead atoms.